The van der Waals surface area contributed by atoms with Crippen LogP contribution in [0.5, 0.6) is 0 Å². The molecule has 2 heterocycles. The van der Waals surface area contributed by atoms with E-state index in [2.05, 4.69) is 15.6 Å². The number of aliphatic imine (C=N–C) groups is 1. The molecular weight excluding hydrogens is 449 g/mol. The molecule has 4 N–H and O–H groups in total. The molecular formula is C17H28IN5O3. The zero-order chi connectivity index (χ0) is 18.4. The van der Waals surface area contributed by atoms with Gasteiger partial charge in [-0.15, -0.1) is 24.0 Å². The van der Waals surface area contributed by atoms with Crippen LogP contribution in [-0.4, -0.2) is 48.3 Å². The molecule has 1 unspecified atom stereocenters. The highest BCUT2D eigenvalue weighted by Gasteiger charge is 2.27. The van der Waals surface area contributed by atoms with Crippen LogP contribution in [0.2, 0.25) is 0 Å². The summed E-state index contributed by atoms with van der Waals surface area (Å²) in [5.74, 6) is 0.945. The summed E-state index contributed by atoms with van der Waals surface area (Å²) in [6, 6.07) is 3.39. The predicted molar refractivity (Wildman–Crippen MR) is 110 cm³/mol. The van der Waals surface area contributed by atoms with Gasteiger partial charge in [0.25, 0.3) is 5.91 Å². The Labute approximate surface area is 171 Å². The van der Waals surface area contributed by atoms with Crippen LogP contribution in [0.1, 0.15) is 43.5 Å². The summed E-state index contributed by atoms with van der Waals surface area (Å²) >= 11 is 0. The molecule has 1 aliphatic heterocycles. The second-order valence-corrected chi connectivity index (χ2v) is 6.39. The molecule has 0 spiro atoms. The van der Waals surface area contributed by atoms with Crippen LogP contribution in [0, 0.1) is 5.92 Å². The predicted octanol–water partition coefficient (Wildman–Crippen LogP) is 1.31. The van der Waals surface area contributed by atoms with Gasteiger partial charge < -0.3 is 25.7 Å². The van der Waals surface area contributed by atoms with E-state index in [1.165, 1.54) is 0 Å². The molecule has 0 bridgehead atoms. The third kappa shape index (κ3) is 6.19. The van der Waals surface area contributed by atoms with Crippen molar-refractivity contribution in [3.05, 3.63) is 23.7 Å². The first-order valence-corrected chi connectivity index (χ1v) is 8.62. The molecule has 0 radical (unpaired) electrons. The Balaban J connectivity index is 0.00000338. The highest BCUT2D eigenvalue weighted by molar-refractivity contribution is 14.0. The number of furan rings is 1. The number of hydrogen-bond acceptors (Lipinski definition) is 4. The first-order chi connectivity index (χ1) is 11.9. The lowest BCUT2D eigenvalue weighted by atomic mass is 10.2. The van der Waals surface area contributed by atoms with E-state index in [-0.39, 0.29) is 47.6 Å². The van der Waals surface area contributed by atoms with E-state index in [0.717, 1.165) is 19.5 Å². The molecule has 0 aromatic carbocycles. The summed E-state index contributed by atoms with van der Waals surface area (Å²) in [6.07, 6.45) is 0.884. The van der Waals surface area contributed by atoms with Gasteiger partial charge in [0.1, 0.15) is 12.3 Å². The number of hydrogen-bond donors (Lipinski definition) is 3. The number of nitrogens with zero attached hydrogens (tertiary/aromatic N) is 2. The van der Waals surface area contributed by atoms with Crippen LogP contribution in [0.25, 0.3) is 0 Å². The molecule has 2 amide bonds. The fourth-order valence-corrected chi connectivity index (χ4v) is 2.71. The Morgan fingerprint density at radius 1 is 1.42 bits per heavy atom. The van der Waals surface area contributed by atoms with Gasteiger partial charge in [0.2, 0.25) is 5.91 Å². The van der Waals surface area contributed by atoms with Crippen molar-refractivity contribution in [2.75, 3.05) is 19.6 Å². The number of nitrogens with one attached hydrogen (secondary N) is 2. The quantitative estimate of drug-likeness (QED) is 0.325. The number of carbonyl (C=O) groups excluding carboxylic acids is 2. The monoisotopic (exact) mass is 477 g/mol. The van der Waals surface area contributed by atoms with E-state index in [1.54, 1.807) is 12.1 Å². The molecule has 1 fully saturated rings. The molecule has 26 heavy (non-hydrogen) atoms. The minimum absolute atomic E-state index is 0. The number of guanidine groups is 1. The minimum atomic E-state index is -0.596. The Bertz CT molecular complexity index is 644. The maximum Gasteiger partial charge on any atom is 0.284 e. The number of primary amides is 1. The largest absolute Gasteiger partial charge is 0.454 e. The van der Waals surface area contributed by atoms with Gasteiger partial charge in [0.15, 0.2) is 11.7 Å². The van der Waals surface area contributed by atoms with Crippen LogP contribution < -0.4 is 16.4 Å². The van der Waals surface area contributed by atoms with Gasteiger partial charge in [-0.3, -0.25) is 9.59 Å². The molecule has 1 aliphatic rings. The fourth-order valence-electron chi connectivity index (χ4n) is 2.71. The topological polar surface area (TPSA) is 113 Å². The van der Waals surface area contributed by atoms with Crippen LogP contribution in [0.3, 0.4) is 0 Å². The van der Waals surface area contributed by atoms with Gasteiger partial charge in [0.05, 0.1) is 0 Å². The van der Waals surface area contributed by atoms with E-state index in [1.807, 2.05) is 25.7 Å². The Morgan fingerprint density at radius 2 is 2.15 bits per heavy atom. The van der Waals surface area contributed by atoms with Gasteiger partial charge in [-0.05, 0) is 25.5 Å². The van der Waals surface area contributed by atoms with E-state index in [4.69, 9.17) is 10.2 Å². The standard InChI is InChI=1S/C17H27N5O3.HI/c1-4-19-17(20-9-13-5-6-14(25-13)15(18)23)21-12-7-8-22(10-12)16(24)11(2)3;/h5-6,11-12H,4,7-10H2,1-3H3,(H2,18,23)(H2,19,20,21);1H. The number of carbonyl (C=O) groups is 2. The number of likely N-dealkylation sites (tertiary alicyclic amines) is 1. The fraction of sp³-hybridized carbons (Fsp3) is 0.588. The highest BCUT2D eigenvalue weighted by atomic mass is 127. The zero-order valence-electron chi connectivity index (χ0n) is 15.4. The zero-order valence-corrected chi connectivity index (χ0v) is 17.8. The molecule has 1 aromatic rings. The normalized spacial score (nSPS) is 17.2. The summed E-state index contributed by atoms with van der Waals surface area (Å²) in [7, 11) is 0. The maximum absolute atomic E-state index is 12.1. The third-order valence-electron chi connectivity index (χ3n) is 3.98. The van der Waals surface area contributed by atoms with Gasteiger partial charge >= 0.3 is 0 Å². The van der Waals surface area contributed by atoms with E-state index >= 15 is 0 Å². The van der Waals surface area contributed by atoms with E-state index < -0.39 is 5.91 Å². The SMILES string of the molecule is CCNC(=NCc1ccc(C(N)=O)o1)NC1CCN(C(=O)C(C)C)C1.I. The molecule has 1 saturated heterocycles. The van der Waals surface area contributed by atoms with Gasteiger partial charge in [-0.2, -0.15) is 0 Å². The number of rotatable bonds is 6. The lowest BCUT2D eigenvalue weighted by Gasteiger charge is -2.20. The number of amides is 2. The van der Waals surface area contributed by atoms with Crippen molar-refractivity contribution < 1.29 is 14.0 Å². The third-order valence-corrected chi connectivity index (χ3v) is 3.98. The van der Waals surface area contributed by atoms with Crippen molar-refractivity contribution >= 4 is 41.8 Å². The second kappa shape index (κ2) is 10.4. The van der Waals surface area contributed by atoms with Gasteiger partial charge in [-0.1, -0.05) is 13.8 Å². The maximum atomic E-state index is 12.1. The van der Waals surface area contributed by atoms with Crippen LogP contribution in [0.4, 0.5) is 0 Å². The van der Waals surface area contributed by atoms with Gasteiger partial charge in [0, 0.05) is 31.6 Å². The minimum Gasteiger partial charge on any atom is -0.454 e. The lowest BCUT2D eigenvalue weighted by Crippen LogP contribution is -2.45. The summed E-state index contributed by atoms with van der Waals surface area (Å²) < 4.78 is 5.33. The van der Waals surface area contributed by atoms with Gasteiger partial charge in [-0.25, -0.2) is 4.99 Å². The Hall–Kier alpha value is -1.78. The second-order valence-electron chi connectivity index (χ2n) is 6.39. The summed E-state index contributed by atoms with van der Waals surface area (Å²) in [6.45, 7) is 8.26. The van der Waals surface area contributed by atoms with Crippen LogP contribution >= 0.6 is 24.0 Å². The average molecular weight is 477 g/mol. The van der Waals surface area contributed by atoms with E-state index in [0.29, 0.717) is 24.8 Å². The molecule has 0 saturated carbocycles. The summed E-state index contributed by atoms with van der Waals surface area (Å²) in [5.41, 5.74) is 5.17. The van der Waals surface area contributed by atoms with Crippen molar-refractivity contribution in [2.24, 2.45) is 16.6 Å². The molecule has 0 aliphatic carbocycles. The first kappa shape index (κ1) is 22.3. The number of nitrogens with two attached hydrogens (primary N) is 1. The Morgan fingerprint density at radius 3 is 2.73 bits per heavy atom. The molecule has 9 heteroatoms. The highest BCUT2D eigenvalue weighted by Crippen LogP contribution is 2.13. The van der Waals surface area contributed by atoms with E-state index in [9.17, 15) is 9.59 Å². The van der Waals surface area contributed by atoms with Crippen molar-refractivity contribution in [3.8, 4) is 0 Å². The Kier molecular flexibility index (Phi) is 8.89. The average Bonchev–Trinajstić information content (AvgIpc) is 3.21. The first-order valence-electron chi connectivity index (χ1n) is 8.62. The van der Waals surface area contributed by atoms with Crippen LogP contribution in [-0.2, 0) is 11.3 Å². The van der Waals surface area contributed by atoms with Crippen LogP contribution in [0.15, 0.2) is 21.5 Å². The smallest absolute Gasteiger partial charge is 0.284 e. The molecule has 1 atom stereocenters. The molecule has 2 rings (SSSR count). The summed E-state index contributed by atoms with van der Waals surface area (Å²) in [5, 5.41) is 6.53. The van der Waals surface area contributed by atoms with Crippen molar-refractivity contribution in [1.29, 1.82) is 0 Å². The molecule has 146 valence electrons. The molecule has 1 aromatic heterocycles. The lowest BCUT2D eigenvalue weighted by molar-refractivity contribution is -0.133. The van der Waals surface area contributed by atoms with Crippen molar-refractivity contribution in [2.45, 2.75) is 39.8 Å². The van der Waals surface area contributed by atoms with Crippen molar-refractivity contribution in [3.63, 3.8) is 0 Å². The molecule has 8 nitrogen and oxygen atoms in total. The number of halogens is 1. The summed E-state index contributed by atoms with van der Waals surface area (Å²) in [4.78, 5) is 29.5. The van der Waals surface area contributed by atoms with Crippen molar-refractivity contribution in [1.82, 2.24) is 15.5 Å².